The lowest BCUT2D eigenvalue weighted by Gasteiger charge is -2.30. The maximum Gasteiger partial charge on any atom is 0.260 e. The highest BCUT2D eigenvalue weighted by Crippen LogP contribution is 2.25. The molecular formula is C17H21N3O3. The molecule has 1 saturated heterocycles. The van der Waals surface area contributed by atoms with Gasteiger partial charge < -0.3 is 14.2 Å². The van der Waals surface area contributed by atoms with Crippen LogP contribution >= 0.6 is 0 Å². The molecule has 0 radical (unpaired) electrons. The van der Waals surface area contributed by atoms with Crippen LogP contribution < -0.4 is 4.74 Å². The first kappa shape index (κ1) is 15.5. The van der Waals surface area contributed by atoms with Crippen LogP contribution in [0.25, 0.3) is 0 Å². The van der Waals surface area contributed by atoms with Gasteiger partial charge in [0.1, 0.15) is 5.75 Å². The van der Waals surface area contributed by atoms with Gasteiger partial charge >= 0.3 is 0 Å². The SMILES string of the molecule is Cc1ccc(OCC(=O)N2CCC(c3ncon3)CC2)cc1C. The van der Waals surface area contributed by atoms with Crippen molar-refractivity contribution in [1.82, 2.24) is 15.0 Å². The summed E-state index contributed by atoms with van der Waals surface area (Å²) in [6, 6.07) is 5.87. The van der Waals surface area contributed by atoms with Crippen LogP contribution in [0.1, 0.15) is 35.7 Å². The molecule has 3 rings (SSSR count). The van der Waals surface area contributed by atoms with Crippen molar-refractivity contribution in [3.63, 3.8) is 0 Å². The molecule has 0 spiro atoms. The minimum atomic E-state index is 0.0230. The van der Waals surface area contributed by atoms with Crippen LogP contribution in [0.15, 0.2) is 29.1 Å². The van der Waals surface area contributed by atoms with Gasteiger partial charge in [0.05, 0.1) is 0 Å². The summed E-state index contributed by atoms with van der Waals surface area (Å²) in [7, 11) is 0. The molecule has 0 unspecified atom stereocenters. The van der Waals surface area contributed by atoms with E-state index in [4.69, 9.17) is 9.26 Å². The zero-order valence-electron chi connectivity index (χ0n) is 13.5. The van der Waals surface area contributed by atoms with E-state index >= 15 is 0 Å². The highest BCUT2D eigenvalue weighted by molar-refractivity contribution is 5.77. The maximum absolute atomic E-state index is 12.3. The molecule has 2 heterocycles. The lowest BCUT2D eigenvalue weighted by Crippen LogP contribution is -2.40. The second kappa shape index (κ2) is 6.81. The Morgan fingerprint density at radius 2 is 2.09 bits per heavy atom. The minimum absolute atomic E-state index is 0.0230. The van der Waals surface area contributed by atoms with Gasteiger partial charge in [-0.3, -0.25) is 4.79 Å². The van der Waals surface area contributed by atoms with Crippen LogP contribution in [0.5, 0.6) is 5.75 Å². The minimum Gasteiger partial charge on any atom is -0.484 e. The Morgan fingerprint density at radius 3 is 2.74 bits per heavy atom. The number of carbonyl (C=O) groups excluding carboxylic acids is 1. The Balaban J connectivity index is 1.48. The molecule has 1 aliphatic heterocycles. The number of aromatic nitrogens is 2. The number of piperidine rings is 1. The number of ether oxygens (including phenoxy) is 1. The van der Waals surface area contributed by atoms with Gasteiger partial charge in [0.25, 0.3) is 5.91 Å². The van der Waals surface area contributed by atoms with Crippen molar-refractivity contribution in [2.24, 2.45) is 0 Å². The fourth-order valence-electron chi connectivity index (χ4n) is 2.79. The van der Waals surface area contributed by atoms with Gasteiger partial charge in [-0.2, -0.15) is 4.98 Å². The summed E-state index contributed by atoms with van der Waals surface area (Å²) in [5.74, 6) is 1.78. The fourth-order valence-corrected chi connectivity index (χ4v) is 2.79. The molecule has 6 nitrogen and oxygen atoms in total. The Kier molecular flexibility index (Phi) is 4.60. The average Bonchev–Trinajstić information content (AvgIpc) is 3.10. The first-order valence-corrected chi connectivity index (χ1v) is 7.87. The lowest BCUT2D eigenvalue weighted by molar-refractivity contribution is -0.134. The fraction of sp³-hybridized carbons (Fsp3) is 0.471. The van der Waals surface area contributed by atoms with Crippen LogP contribution in [0.4, 0.5) is 0 Å². The topological polar surface area (TPSA) is 68.5 Å². The van der Waals surface area contributed by atoms with Crippen molar-refractivity contribution in [2.45, 2.75) is 32.6 Å². The Bertz CT molecular complexity index is 662. The number of carbonyl (C=O) groups is 1. The monoisotopic (exact) mass is 315 g/mol. The van der Waals surface area contributed by atoms with E-state index in [1.807, 2.05) is 30.0 Å². The number of amides is 1. The van der Waals surface area contributed by atoms with Crippen LogP contribution in [0.3, 0.4) is 0 Å². The van der Waals surface area contributed by atoms with Gasteiger partial charge in [0, 0.05) is 19.0 Å². The largest absolute Gasteiger partial charge is 0.484 e. The van der Waals surface area contributed by atoms with Gasteiger partial charge in [-0.1, -0.05) is 11.2 Å². The third kappa shape index (κ3) is 3.70. The van der Waals surface area contributed by atoms with Crippen molar-refractivity contribution in [3.8, 4) is 5.75 Å². The number of likely N-dealkylation sites (tertiary alicyclic amines) is 1. The Morgan fingerprint density at radius 1 is 1.30 bits per heavy atom. The van der Waals surface area contributed by atoms with Crippen LogP contribution in [0.2, 0.25) is 0 Å². The number of hydrogen-bond acceptors (Lipinski definition) is 5. The first-order valence-electron chi connectivity index (χ1n) is 7.87. The highest BCUT2D eigenvalue weighted by atomic mass is 16.5. The van der Waals surface area contributed by atoms with Crippen molar-refractivity contribution in [1.29, 1.82) is 0 Å². The van der Waals surface area contributed by atoms with E-state index in [2.05, 4.69) is 17.1 Å². The van der Waals surface area contributed by atoms with Gasteiger partial charge in [-0.05, 0) is 49.9 Å². The number of hydrogen-bond donors (Lipinski definition) is 0. The summed E-state index contributed by atoms with van der Waals surface area (Å²) < 4.78 is 10.4. The third-order valence-electron chi connectivity index (χ3n) is 4.43. The second-order valence-corrected chi connectivity index (χ2v) is 5.98. The average molecular weight is 315 g/mol. The van der Waals surface area contributed by atoms with E-state index in [1.54, 1.807) is 0 Å². The molecule has 1 amide bonds. The number of aryl methyl sites for hydroxylation is 2. The molecule has 0 aliphatic carbocycles. The molecule has 0 bridgehead atoms. The summed E-state index contributed by atoms with van der Waals surface area (Å²) in [6.07, 6.45) is 3.06. The molecule has 1 aromatic heterocycles. The predicted octanol–water partition coefficient (Wildman–Crippen LogP) is 2.47. The molecule has 1 aromatic carbocycles. The molecular weight excluding hydrogens is 294 g/mol. The summed E-state index contributed by atoms with van der Waals surface area (Å²) >= 11 is 0. The summed E-state index contributed by atoms with van der Waals surface area (Å²) in [6.45, 7) is 5.57. The van der Waals surface area contributed by atoms with E-state index in [0.29, 0.717) is 13.1 Å². The number of nitrogens with zero attached hydrogens (tertiary/aromatic N) is 3. The van der Waals surface area contributed by atoms with E-state index in [0.717, 1.165) is 30.0 Å². The summed E-state index contributed by atoms with van der Waals surface area (Å²) in [5, 5.41) is 3.89. The standard InChI is InChI=1S/C17H21N3O3/c1-12-3-4-15(9-13(12)2)22-10-16(21)20-7-5-14(6-8-20)17-18-11-23-19-17/h3-4,9,11,14H,5-8,10H2,1-2H3. The molecule has 0 N–H and O–H groups in total. The normalized spacial score (nSPS) is 15.7. The van der Waals surface area contributed by atoms with Gasteiger partial charge in [0.15, 0.2) is 12.4 Å². The van der Waals surface area contributed by atoms with E-state index in [-0.39, 0.29) is 18.4 Å². The Labute approximate surface area is 135 Å². The van der Waals surface area contributed by atoms with Gasteiger partial charge in [0.2, 0.25) is 6.39 Å². The van der Waals surface area contributed by atoms with Crippen molar-refractivity contribution in [2.75, 3.05) is 19.7 Å². The van der Waals surface area contributed by atoms with Gasteiger partial charge in [-0.15, -0.1) is 0 Å². The van der Waals surface area contributed by atoms with Gasteiger partial charge in [-0.25, -0.2) is 0 Å². The smallest absolute Gasteiger partial charge is 0.260 e. The van der Waals surface area contributed by atoms with Crippen LogP contribution in [-0.2, 0) is 4.79 Å². The zero-order chi connectivity index (χ0) is 16.2. The zero-order valence-corrected chi connectivity index (χ0v) is 13.5. The summed E-state index contributed by atoms with van der Waals surface area (Å²) in [4.78, 5) is 18.2. The molecule has 0 saturated carbocycles. The van der Waals surface area contributed by atoms with E-state index < -0.39 is 0 Å². The molecule has 122 valence electrons. The third-order valence-corrected chi connectivity index (χ3v) is 4.43. The molecule has 23 heavy (non-hydrogen) atoms. The van der Waals surface area contributed by atoms with Crippen LogP contribution in [-0.4, -0.2) is 40.6 Å². The molecule has 6 heteroatoms. The first-order chi connectivity index (χ1) is 11.1. The molecule has 1 aliphatic rings. The molecule has 1 fully saturated rings. The second-order valence-electron chi connectivity index (χ2n) is 5.98. The van der Waals surface area contributed by atoms with Crippen molar-refractivity contribution in [3.05, 3.63) is 41.5 Å². The van der Waals surface area contributed by atoms with E-state index in [9.17, 15) is 4.79 Å². The lowest BCUT2D eigenvalue weighted by atomic mass is 9.96. The Hall–Kier alpha value is -2.37. The molecule has 2 aromatic rings. The van der Waals surface area contributed by atoms with Crippen molar-refractivity contribution >= 4 is 5.91 Å². The number of benzene rings is 1. The van der Waals surface area contributed by atoms with Crippen molar-refractivity contribution < 1.29 is 14.1 Å². The molecule has 0 atom stereocenters. The van der Waals surface area contributed by atoms with E-state index in [1.165, 1.54) is 12.0 Å². The maximum atomic E-state index is 12.3. The predicted molar refractivity (Wildman–Crippen MR) is 84.3 cm³/mol. The quantitative estimate of drug-likeness (QED) is 0.867. The number of rotatable bonds is 4. The summed E-state index contributed by atoms with van der Waals surface area (Å²) in [5.41, 5.74) is 2.38. The highest BCUT2D eigenvalue weighted by Gasteiger charge is 2.26. The van der Waals surface area contributed by atoms with Crippen LogP contribution in [0, 0.1) is 13.8 Å².